The first kappa shape index (κ1) is 14.8. The number of aliphatic hydroxyl groups excluding tert-OH is 1. The van der Waals surface area contributed by atoms with Crippen molar-refractivity contribution in [2.75, 3.05) is 0 Å². The lowest BCUT2D eigenvalue weighted by Gasteiger charge is -2.15. The third-order valence-electron chi connectivity index (χ3n) is 3.05. The largest absolute Gasteiger partial charge is 0.455 e. The van der Waals surface area contributed by atoms with Crippen LogP contribution < -0.4 is 4.74 Å². The molecule has 2 rings (SSSR count). The van der Waals surface area contributed by atoms with Gasteiger partial charge in [0, 0.05) is 5.56 Å². The van der Waals surface area contributed by atoms with Gasteiger partial charge in [-0.3, -0.25) is 0 Å². The number of rotatable bonds is 3. The van der Waals surface area contributed by atoms with Crippen LogP contribution in [0.5, 0.6) is 11.5 Å². The van der Waals surface area contributed by atoms with Crippen molar-refractivity contribution >= 4 is 11.6 Å². The smallest absolute Gasteiger partial charge is 0.146 e. The fourth-order valence-corrected chi connectivity index (χ4v) is 2.05. The van der Waals surface area contributed by atoms with Crippen LogP contribution in [0.25, 0.3) is 0 Å². The Bertz CT molecular complexity index is 639. The molecule has 0 unspecified atom stereocenters. The molecule has 1 atom stereocenters. The first-order valence-electron chi connectivity index (χ1n) is 6.30. The Hall–Kier alpha value is -1.58. The summed E-state index contributed by atoms with van der Waals surface area (Å²) in [5, 5.41) is 10.2. The first-order valence-corrected chi connectivity index (χ1v) is 6.68. The SMILES string of the molecule is Cc1ccc(Cl)c(Oc2cc(C)c(F)cc2[C@@H](C)O)c1. The zero-order valence-electron chi connectivity index (χ0n) is 11.6. The van der Waals surface area contributed by atoms with Crippen molar-refractivity contribution in [2.24, 2.45) is 0 Å². The molecule has 0 heterocycles. The van der Waals surface area contributed by atoms with E-state index in [1.165, 1.54) is 6.07 Å². The van der Waals surface area contributed by atoms with Gasteiger partial charge < -0.3 is 9.84 Å². The Balaban J connectivity index is 2.47. The molecule has 0 bridgehead atoms. The predicted molar refractivity (Wildman–Crippen MR) is 78.0 cm³/mol. The average Bonchev–Trinajstić information content (AvgIpc) is 2.37. The molecule has 2 aromatic rings. The Morgan fingerprint density at radius 1 is 1.15 bits per heavy atom. The number of halogens is 2. The van der Waals surface area contributed by atoms with Crippen LogP contribution in [0.15, 0.2) is 30.3 Å². The molecule has 2 nitrogen and oxygen atoms in total. The number of hydrogen-bond acceptors (Lipinski definition) is 2. The summed E-state index contributed by atoms with van der Waals surface area (Å²) in [4.78, 5) is 0. The van der Waals surface area contributed by atoms with E-state index in [-0.39, 0.29) is 5.82 Å². The third-order valence-corrected chi connectivity index (χ3v) is 3.36. The van der Waals surface area contributed by atoms with Crippen LogP contribution in [0.1, 0.15) is 29.7 Å². The number of ether oxygens (including phenoxy) is 1. The highest BCUT2D eigenvalue weighted by Gasteiger charge is 2.15. The van der Waals surface area contributed by atoms with Gasteiger partial charge in [0.05, 0.1) is 11.1 Å². The molecule has 0 saturated heterocycles. The average molecular weight is 295 g/mol. The third kappa shape index (κ3) is 3.11. The number of aliphatic hydroxyl groups is 1. The molecule has 1 N–H and O–H groups in total. The summed E-state index contributed by atoms with van der Waals surface area (Å²) in [6.45, 7) is 5.13. The molecule has 0 aliphatic heterocycles. The van der Waals surface area contributed by atoms with E-state index in [0.29, 0.717) is 27.6 Å². The Kier molecular flexibility index (Phi) is 4.31. The molecule has 0 spiro atoms. The lowest BCUT2D eigenvalue weighted by Crippen LogP contribution is -1.99. The van der Waals surface area contributed by atoms with Gasteiger partial charge in [-0.1, -0.05) is 17.7 Å². The summed E-state index contributed by atoms with van der Waals surface area (Å²) in [6, 6.07) is 8.27. The maximum Gasteiger partial charge on any atom is 0.146 e. The van der Waals surface area contributed by atoms with Crippen LogP contribution in [0.2, 0.25) is 5.02 Å². The molecule has 2 aromatic carbocycles. The number of hydrogen-bond donors (Lipinski definition) is 1. The molecule has 4 heteroatoms. The second-order valence-corrected chi connectivity index (χ2v) is 5.26. The summed E-state index contributed by atoms with van der Waals surface area (Å²) < 4.78 is 19.4. The van der Waals surface area contributed by atoms with Crippen molar-refractivity contribution in [3.05, 3.63) is 57.9 Å². The van der Waals surface area contributed by atoms with Crippen LogP contribution in [0.4, 0.5) is 4.39 Å². The van der Waals surface area contributed by atoms with Gasteiger partial charge >= 0.3 is 0 Å². The van der Waals surface area contributed by atoms with Crippen molar-refractivity contribution < 1.29 is 14.2 Å². The standard InChI is InChI=1S/C16H16ClFO2/c1-9-4-5-13(17)16(6-9)20-15-7-10(2)14(18)8-12(15)11(3)19/h4-8,11,19H,1-3H3/t11-/m1/s1. The number of benzene rings is 2. The molecule has 106 valence electrons. The summed E-state index contributed by atoms with van der Waals surface area (Å²) in [5.41, 5.74) is 1.85. The van der Waals surface area contributed by atoms with Crippen LogP contribution in [0, 0.1) is 19.7 Å². The lowest BCUT2D eigenvalue weighted by atomic mass is 10.1. The van der Waals surface area contributed by atoms with Gasteiger partial charge in [0.25, 0.3) is 0 Å². The molecule has 0 aromatic heterocycles. The molecule has 0 saturated carbocycles. The highest BCUT2D eigenvalue weighted by atomic mass is 35.5. The fraction of sp³-hybridized carbons (Fsp3) is 0.250. The summed E-state index contributed by atoms with van der Waals surface area (Å²) in [5.74, 6) is 0.523. The van der Waals surface area contributed by atoms with E-state index in [4.69, 9.17) is 16.3 Å². The summed E-state index contributed by atoms with van der Waals surface area (Å²) in [6.07, 6.45) is -0.830. The highest BCUT2D eigenvalue weighted by Crippen LogP contribution is 2.35. The van der Waals surface area contributed by atoms with Gasteiger partial charge in [-0.2, -0.15) is 0 Å². The van der Waals surface area contributed by atoms with Crippen LogP contribution >= 0.6 is 11.6 Å². The normalized spacial score (nSPS) is 12.3. The van der Waals surface area contributed by atoms with E-state index in [1.54, 1.807) is 32.0 Å². The molecule has 0 fully saturated rings. The van der Waals surface area contributed by atoms with Crippen LogP contribution in [0.3, 0.4) is 0 Å². The molecule has 0 amide bonds. The van der Waals surface area contributed by atoms with Crippen LogP contribution in [-0.2, 0) is 0 Å². The van der Waals surface area contributed by atoms with Crippen molar-refractivity contribution in [1.29, 1.82) is 0 Å². The second-order valence-electron chi connectivity index (χ2n) is 4.85. The molecule has 0 radical (unpaired) electrons. The van der Waals surface area contributed by atoms with Gasteiger partial charge in [-0.15, -0.1) is 0 Å². The summed E-state index contributed by atoms with van der Waals surface area (Å²) in [7, 11) is 0. The second kappa shape index (κ2) is 5.81. The molecule has 20 heavy (non-hydrogen) atoms. The minimum Gasteiger partial charge on any atom is -0.455 e. The van der Waals surface area contributed by atoms with E-state index in [0.717, 1.165) is 5.56 Å². The maximum atomic E-state index is 13.6. The lowest BCUT2D eigenvalue weighted by molar-refractivity contribution is 0.195. The molecule has 0 aliphatic rings. The van der Waals surface area contributed by atoms with Crippen molar-refractivity contribution in [3.63, 3.8) is 0 Å². The van der Waals surface area contributed by atoms with E-state index in [1.807, 2.05) is 13.0 Å². The van der Waals surface area contributed by atoms with Gasteiger partial charge in [0.15, 0.2) is 0 Å². The fourth-order valence-electron chi connectivity index (χ4n) is 1.89. The molecular formula is C16H16ClFO2. The van der Waals surface area contributed by atoms with E-state index in [2.05, 4.69) is 0 Å². The van der Waals surface area contributed by atoms with Gasteiger partial charge in [-0.05, 0) is 56.2 Å². The zero-order valence-corrected chi connectivity index (χ0v) is 12.3. The van der Waals surface area contributed by atoms with Crippen molar-refractivity contribution in [1.82, 2.24) is 0 Å². The van der Waals surface area contributed by atoms with Crippen LogP contribution in [-0.4, -0.2) is 5.11 Å². The number of aryl methyl sites for hydroxylation is 2. The minimum atomic E-state index is -0.830. The minimum absolute atomic E-state index is 0.372. The van der Waals surface area contributed by atoms with Crippen molar-refractivity contribution in [2.45, 2.75) is 26.9 Å². The molecular weight excluding hydrogens is 279 g/mol. The predicted octanol–water partition coefficient (Wildman–Crippen LogP) is 4.94. The zero-order chi connectivity index (χ0) is 14.9. The van der Waals surface area contributed by atoms with E-state index >= 15 is 0 Å². The Morgan fingerprint density at radius 3 is 2.50 bits per heavy atom. The van der Waals surface area contributed by atoms with E-state index in [9.17, 15) is 9.50 Å². The molecule has 0 aliphatic carbocycles. The highest BCUT2D eigenvalue weighted by molar-refractivity contribution is 6.32. The van der Waals surface area contributed by atoms with Gasteiger partial charge in [0.1, 0.15) is 17.3 Å². The summed E-state index contributed by atoms with van der Waals surface area (Å²) >= 11 is 6.09. The van der Waals surface area contributed by atoms with Gasteiger partial charge in [0.2, 0.25) is 0 Å². The van der Waals surface area contributed by atoms with Gasteiger partial charge in [-0.25, -0.2) is 4.39 Å². The van der Waals surface area contributed by atoms with E-state index < -0.39 is 6.10 Å². The first-order chi connectivity index (χ1) is 9.38. The Labute approximate surface area is 122 Å². The monoisotopic (exact) mass is 294 g/mol. The topological polar surface area (TPSA) is 29.5 Å². The van der Waals surface area contributed by atoms with Crippen molar-refractivity contribution in [3.8, 4) is 11.5 Å². The Morgan fingerprint density at radius 2 is 1.85 bits per heavy atom. The quantitative estimate of drug-likeness (QED) is 0.868. The maximum absolute atomic E-state index is 13.6.